The Labute approximate surface area is 196 Å². The summed E-state index contributed by atoms with van der Waals surface area (Å²) < 4.78 is 29.6. The number of sulfonamides is 1. The minimum absolute atomic E-state index is 0.0962. The second-order valence-electron chi connectivity index (χ2n) is 6.33. The molecule has 0 saturated carbocycles. The fourth-order valence-corrected chi connectivity index (χ4v) is 5.63. The second-order valence-corrected chi connectivity index (χ2v) is 10.7. The van der Waals surface area contributed by atoms with E-state index in [2.05, 4.69) is 32.6 Å². The SMILES string of the molecule is O=C(Nc1ccc(S(=O)(=O)Nc2ccc(I)cc2)cc1)c1sc2ccccc2c1Cl. The Morgan fingerprint density at radius 2 is 1.53 bits per heavy atom. The number of hydrogen-bond donors (Lipinski definition) is 2. The molecule has 9 heteroatoms. The van der Waals surface area contributed by atoms with E-state index in [1.165, 1.54) is 23.5 Å². The number of carbonyl (C=O) groups is 1. The van der Waals surface area contributed by atoms with E-state index in [0.717, 1.165) is 13.7 Å². The highest BCUT2D eigenvalue weighted by atomic mass is 127. The van der Waals surface area contributed by atoms with Gasteiger partial charge >= 0.3 is 0 Å². The highest BCUT2D eigenvalue weighted by Crippen LogP contribution is 2.35. The first-order chi connectivity index (χ1) is 14.3. The Morgan fingerprint density at radius 3 is 2.20 bits per heavy atom. The molecule has 0 aliphatic heterocycles. The van der Waals surface area contributed by atoms with Crippen molar-refractivity contribution in [1.82, 2.24) is 0 Å². The molecule has 0 atom stereocenters. The predicted octanol–water partition coefficient (Wildman–Crippen LogP) is 6.21. The standard InChI is InChI=1S/C21H14ClIN2O3S2/c22-19-17-3-1-2-4-18(17)29-20(19)21(26)24-14-9-11-16(12-10-14)30(27,28)25-15-7-5-13(23)6-8-15/h1-12,25H,(H,24,26). The first-order valence-corrected chi connectivity index (χ1v) is 12.5. The third-order valence-corrected chi connectivity index (χ3v) is 8.05. The van der Waals surface area contributed by atoms with E-state index in [1.807, 2.05) is 36.4 Å². The zero-order valence-electron chi connectivity index (χ0n) is 15.2. The summed E-state index contributed by atoms with van der Waals surface area (Å²) in [4.78, 5) is 13.1. The van der Waals surface area contributed by atoms with Crippen LogP contribution in [0.4, 0.5) is 11.4 Å². The van der Waals surface area contributed by atoms with Crippen molar-refractivity contribution in [1.29, 1.82) is 0 Å². The molecule has 0 bridgehead atoms. The lowest BCUT2D eigenvalue weighted by molar-refractivity contribution is 0.103. The Morgan fingerprint density at radius 1 is 0.900 bits per heavy atom. The van der Waals surface area contributed by atoms with Crippen molar-refractivity contribution in [3.05, 3.63) is 86.3 Å². The van der Waals surface area contributed by atoms with Crippen LogP contribution in [-0.2, 0) is 10.0 Å². The number of benzene rings is 3. The van der Waals surface area contributed by atoms with Gasteiger partial charge in [-0.2, -0.15) is 0 Å². The lowest BCUT2D eigenvalue weighted by Gasteiger charge is -2.09. The Hall–Kier alpha value is -2.14. The van der Waals surface area contributed by atoms with E-state index in [9.17, 15) is 13.2 Å². The molecule has 0 saturated heterocycles. The van der Waals surface area contributed by atoms with Gasteiger partial charge in [0.2, 0.25) is 0 Å². The second kappa shape index (κ2) is 8.54. The van der Waals surface area contributed by atoms with Gasteiger partial charge in [0.05, 0.1) is 9.92 Å². The fraction of sp³-hybridized carbons (Fsp3) is 0. The minimum atomic E-state index is -3.73. The Bertz CT molecular complexity index is 1340. The van der Waals surface area contributed by atoms with Crippen molar-refractivity contribution in [2.45, 2.75) is 4.90 Å². The summed E-state index contributed by atoms with van der Waals surface area (Å²) >= 11 is 9.81. The van der Waals surface area contributed by atoms with Crippen molar-refractivity contribution in [3.63, 3.8) is 0 Å². The van der Waals surface area contributed by atoms with Gasteiger partial charge in [-0.15, -0.1) is 11.3 Å². The van der Waals surface area contributed by atoms with Gasteiger partial charge in [0, 0.05) is 25.0 Å². The van der Waals surface area contributed by atoms with Gasteiger partial charge in [-0.05, 0) is 77.2 Å². The maximum atomic E-state index is 12.6. The first kappa shape index (κ1) is 21.1. The van der Waals surface area contributed by atoms with Gasteiger partial charge in [0.1, 0.15) is 4.88 Å². The monoisotopic (exact) mass is 568 g/mol. The molecule has 3 aromatic carbocycles. The molecule has 0 aliphatic rings. The number of rotatable bonds is 5. The third-order valence-electron chi connectivity index (χ3n) is 4.26. The summed E-state index contributed by atoms with van der Waals surface area (Å²) in [5, 5.41) is 4.01. The Kier molecular flexibility index (Phi) is 6.01. The number of thiophene rings is 1. The summed E-state index contributed by atoms with van der Waals surface area (Å²) in [7, 11) is -3.73. The van der Waals surface area contributed by atoms with Gasteiger partial charge in [0.15, 0.2) is 0 Å². The highest BCUT2D eigenvalue weighted by molar-refractivity contribution is 14.1. The average Bonchev–Trinajstić information content (AvgIpc) is 3.07. The zero-order chi connectivity index (χ0) is 21.3. The molecule has 4 rings (SSSR count). The normalized spacial score (nSPS) is 11.4. The number of carbonyl (C=O) groups excluding carboxylic acids is 1. The number of hydrogen-bond acceptors (Lipinski definition) is 4. The van der Waals surface area contributed by atoms with Crippen LogP contribution in [0.3, 0.4) is 0 Å². The van der Waals surface area contributed by atoms with Crippen molar-refractivity contribution in [2.75, 3.05) is 10.0 Å². The summed E-state index contributed by atoms with van der Waals surface area (Å²) in [5.74, 6) is -0.339. The van der Waals surface area contributed by atoms with Crippen molar-refractivity contribution in [3.8, 4) is 0 Å². The number of anilines is 2. The van der Waals surface area contributed by atoms with Gasteiger partial charge < -0.3 is 5.32 Å². The van der Waals surface area contributed by atoms with E-state index < -0.39 is 10.0 Å². The van der Waals surface area contributed by atoms with Crippen LogP contribution in [-0.4, -0.2) is 14.3 Å². The van der Waals surface area contributed by atoms with Crippen LogP contribution in [0, 0.1) is 3.57 Å². The number of nitrogens with one attached hydrogen (secondary N) is 2. The molecule has 0 unspecified atom stereocenters. The molecule has 30 heavy (non-hydrogen) atoms. The fourth-order valence-electron chi connectivity index (χ4n) is 2.80. The quantitative estimate of drug-likeness (QED) is 0.281. The summed E-state index contributed by atoms with van der Waals surface area (Å²) in [6.07, 6.45) is 0. The van der Waals surface area contributed by atoms with Crippen molar-refractivity contribution < 1.29 is 13.2 Å². The first-order valence-electron chi connectivity index (χ1n) is 8.70. The summed E-state index contributed by atoms with van der Waals surface area (Å²) in [5.41, 5.74) is 0.953. The smallest absolute Gasteiger partial charge is 0.267 e. The molecule has 4 aromatic rings. The lowest BCUT2D eigenvalue weighted by atomic mass is 10.2. The lowest BCUT2D eigenvalue weighted by Crippen LogP contribution is -2.14. The maximum Gasteiger partial charge on any atom is 0.267 e. The van der Waals surface area contributed by atoms with Gasteiger partial charge in [-0.3, -0.25) is 9.52 Å². The molecule has 1 amide bonds. The van der Waals surface area contributed by atoms with Gasteiger partial charge in [0.25, 0.3) is 15.9 Å². The van der Waals surface area contributed by atoms with Crippen LogP contribution < -0.4 is 10.0 Å². The Balaban J connectivity index is 1.50. The molecule has 2 N–H and O–H groups in total. The van der Waals surface area contributed by atoms with E-state index >= 15 is 0 Å². The molecular weight excluding hydrogens is 555 g/mol. The van der Waals surface area contributed by atoms with Crippen LogP contribution in [0.15, 0.2) is 77.7 Å². The maximum absolute atomic E-state index is 12.6. The third kappa shape index (κ3) is 4.46. The predicted molar refractivity (Wildman–Crippen MR) is 131 cm³/mol. The van der Waals surface area contributed by atoms with Gasteiger partial charge in [-0.25, -0.2) is 8.42 Å². The number of amides is 1. The average molecular weight is 569 g/mol. The molecular formula is C21H14ClIN2O3S2. The molecule has 0 aliphatic carbocycles. The molecule has 0 radical (unpaired) electrons. The zero-order valence-corrected chi connectivity index (χ0v) is 19.8. The van der Waals surface area contributed by atoms with Crippen molar-refractivity contribution >= 4 is 82.9 Å². The molecule has 1 heterocycles. The molecule has 5 nitrogen and oxygen atoms in total. The van der Waals surface area contributed by atoms with E-state index in [4.69, 9.17) is 11.6 Å². The highest BCUT2D eigenvalue weighted by Gasteiger charge is 2.18. The van der Waals surface area contributed by atoms with Gasteiger partial charge in [-0.1, -0.05) is 29.8 Å². The largest absolute Gasteiger partial charge is 0.321 e. The molecule has 0 spiro atoms. The van der Waals surface area contributed by atoms with Crippen LogP contribution in [0.25, 0.3) is 10.1 Å². The minimum Gasteiger partial charge on any atom is -0.321 e. The topological polar surface area (TPSA) is 75.3 Å². The summed E-state index contributed by atoms with van der Waals surface area (Å²) in [6.45, 7) is 0. The van der Waals surface area contributed by atoms with Crippen LogP contribution in [0.1, 0.15) is 9.67 Å². The van der Waals surface area contributed by atoms with E-state index in [0.29, 0.717) is 21.3 Å². The van der Waals surface area contributed by atoms with Crippen LogP contribution in [0.2, 0.25) is 5.02 Å². The number of halogens is 2. The number of fused-ring (bicyclic) bond motifs is 1. The molecule has 0 fully saturated rings. The van der Waals surface area contributed by atoms with E-state index in [-0.39, 0.29) is 10.8 Å². The molecule has 152 valence electrons. The molecule has 1 aromatic heterocycles. The summed E-state index contributed by atoms with van der Waals surface area (Å²) in [6, 6.07) is 20.5. The van der Waals surface area contributed by atoms with E-state index in [1.54, 1.807) is 24.3 Å². The van der Waals surface area contributed by atoms with Crippen LogP contribution >= 0.6 is 45.5 Å². The van der Waals surface area contributed by atoms with Crippen LogP contribution in [0.5, 0.6) is 0 Å². The van der Waals surface area contributed by atoms with Crippen molar-refractivity contribution in [2.24, 2.45) is 0 Å².